The van der Waals surface area contributed by atoms with E-state index in [1.165, 1.54) is 12.1 Å². The first-order valence-corrected chi connectivity index (χ1v) is 11.9. The lowest BCUT2D eigenvalue weighted by Crippen LogP contribution is -2.46. The highest BCUT2D eigenvalue weighted by Crippen LogP contribution is 2.32. The van der Waals surface area contributed by atoms with Gasteiger partial charge in [0.1, 0.15) is 11.6 Å². The molecule has 4 rings (SSSR count). The summed E-state index contributed by atoms with van der Waals surface area (Å²) in [5, 5.41) is 3.15. The van der Waals surface area contributed by atoms with Gasteiger partial charge in [-0.15, -0.1) is 0 Å². The van der Waals surface area contributed by atoms with Crippen molar-refractivity contribution in [3.63, 3.8) is 0 Å². The van der Waals surface area contributed by atoms with E-state index in [1.807, 2.05) is 12.1 Å². The predicted molar refractivity (Wildman–Crippen MR) is 130 cm³/mol. The van der Waals surface area contributed by atoms with E-state index in [1.54, 1.807) is 31.3 Å². The third-order valence-electron chi connectivity index (χ3n) is 6.49. The third kappa shape index (κ3) is 6.22. The number of fused-ring (bicyclic) bond motifs is 1. The second-order valence-electron chi connectivity index (χ2n) is 8.85. The lowest BCUT2D eigenvalue weighted by atomic mass is 10.0. The Hall–Kier alpha value is -3.33. The minimum Gasteiger partial charge on any atom is -0.493 e. The number of nitrogens with zero attached hydrogens (tertiary/aromatic N) is 2. The fourth-order valence-electron chi connectivity index (χ4n) is 4.63. The monoisotopic (exact) mass is 485 g/mol. The summed E-state index contributed by atoms with van der Waals surface area (Å²) in [6.07, 6.45) is 2.87. The first kappa shape index (κ1) is 24.8. The quantitative estimate of drug-likeness (QED) is 0.589. The molecule has 0 spiro atoms. The van der Waals surface area contributed by atoms with Gasteiger partial charge in [-0.3, -0.25) is 9.59 Å². The van der Waals surface area contributed by atoms with Crippen molar-refractivity contribution in [1.29, 1.82) is 0 Å². The second-order valence-corrected chi connectivity index (χ2v) is 8.85. The number of likely N-dealkylation sites (tertiary alicyclic amines) is 1. The Bertz CT molecular complexity index is 1060. The number of ether oxygens (including phenoxy) is 3. The highest BCUT2D eigenvalue weighted by atomic mass is 19.1. The molecule has 188 valence electrons. The number of piperidine rings is 1. The number of benzene rings is 2. The van der Waals surface area contributed by atoms with Gasteiger partial charge in [0.2, 0.25) is 5.91 Å². The van der Waals surface area contributed by atoms with Crippen LogP contribution in [0.15, 0.2) is 36.4 Å². The molecule has 2 aliphatic heterocycles. The van der Waals surface area contributed by atoms with Crippen molar-refractivity contribution in [2.45, 2.75) is 31.7 Å². The maximum atomic E-state index is 13.5. The number of hydrogen-bond donors (Lipinski definition) is 1. The summed E-state index contributed by atoms with van der Waals surface area (Å²) >= 11 is 0. The van der Waals surface area contributed by atoms with E-state index in [-0.39, 0.29) is 30.3 Å². The normalized spacial score (nSPS) is 16.4. The SMILES string of the molecule is COc1ccc(CC(=O)NC2CCN(CCCN3C(=O)COc4cc(F)ccc43)CC2)cc1OC. The smallest absolute Gasteiger partial charge is 0.265 e. The molecule has 0 saturated carbocycles. The Kier molecular flexibility index (Phi) is 8.07. The van der Waals surface area contributed by atoms with Gasteiger partial charge in [-0.2, -0.15) is 0 Å². The standard InChI is InChI=1S/C26H32FN3O5/c1-33-22-7-4-18(14-24(22)34-2)15-25(31)28-20-8-12-29(13-9-20)10-3-11-30-21-6-5-19(27)16-23(21)35-17-26(30)32/h4-7,14,16,20H,3,8-13,15,17H2,1-2H3,(H,28,31). The van der Waals surface area contributed by atoms with Crippen LogP contribution in [0.5, 0.6) is 17.2 Å². The van der Waals surface area contributed by atoms with Gasteiger partial charge in [0.15, 0.2) is 18.1 Å². The van der Waals surface area contributed by atoms with Gasteiger partial charge >= 0.3 is 0 Å². The van der Waals surface area contributed by atoms with Gasteiger partial charge in [-0.25, -0.2) is 4.39 Å². The number of nitrogens with one attached hydrogen (secondary N) is 1. The van der Waals surface area contributed by atoms with Crippen LogP contribution < -0.4 is 24.4 Å². The van der Waals surface area contributed by atoms with Crippen LogP contribution in [0.4, 0.5) is 10.1 Å². The molecule has 35 heavy (non-hydrogen) atoms. The number of rotatable bonds is 9. The molecular formula is C26H32FN3O5. The van der Waals surface area contributed by atoms with Crippen LogP contribution in [0, 0.1) is 5.82 Å². The largest absolute Gasteiger partial charge is 0.493 e. The number of carbonyl (C=O) groups excluding carboxylic acids is 2. The van der Waals surface area contributed by atoms with E-state index in [0.29, 0.717) is 35.9 Å². The van der Waals surface area contributed by atoms with Crippen molar-refractivity contribution < 1.29 is 28.2 Å². The Morgan fingerprint density at radius 3 is 2.60 bits per heavy atom. The van der Waals surface area contributed by atoms with Crippen molar-refractivity contribution >= 4 is 17.5 Å². The summed E-state index contributed by atoms with van der Waals surface area (Å²) in [5.41, 5.74) is 1.50. The van der Waals surface area contributed by atoms with Gasteiger partial charge in [0.25, 0.3) is 5.91 Å². The summed E-state index contributed by atoms with van der Waals surface area (Å²) in [7, 11) is 3.16. The number of anilines is 1. The molecule has 8 nitrogen and oxygen atoms in total. The van der Waals surface area contributed by atoms with Gasteiger partial charge in [-0.05, 0) is 55.6 Å². The van der Waals surface area contributed by atoms with Crippen LogP contribution in [-0.4, -0.2) is 69.8 Å². The van der Waals surface area contributed by atoms with Crippen molar-refractivity contribution in [2.75, 3.05) is 51.9 Å². The van der Waals surface area contributed by atoms with Gasteiger partial charge in [0, 0.05) is 31.7 Å². The van der Waals surface area contributed by atoms with Crippen molar-refractivity contribution in [3.8, 4) is 17.2 Å². The van der Waals surface area contributed by atoms with E-state index >= 15 is 0 Å². The number of carbonyl (C=O) groups is 2. The zero-order valence-electron chi connectivity index (χ0n) is 20.2. The lowest BCUT2D eigenvalue weighted by Gasteiger charge is -2.33. The molecule has 1 fully saturated rings. The average molecular weight is 486 g/mol. The lowest BCUT2D eigenvalue weighted by molar-refractivity contribution is -0.122. The molecule has 0 atom stereocenters. The number of halogens is 1. The second kappa shape index (κ2) is 11.4. The minimum atomic E-state index is -0.378. The van der Waals surface area contributed by atoms with Gasteiger partial charge in [0.05, 0.1) is 26.3 Å². The molecule has 2 amide bonds. The summed E-state index contributed by atoms with van der Waals surface area (Å²) in [6, 6.07) is 9.92. The minimum absolute atomic E-state index is 0.00315. The average Bonchev–Trinajstić information content (AvgIpc) is 2.86. The molecule has 1 N–H and O–H groups in total. The van der Waals surface area contributed by atoms with Crippen LogP contribution in [0.25, 0.3) is 0 Å². The van der Waals surface area contributed by atoms with Crippen molar-refractivity contribution in [2.24, 2.45) is 0 Å². The van der Waals surface area contributed by atoms with Crippen LogP contribution in [-0.2, 0) is 16.0 Å². The first-order chi connectivity index (χ1) is 17.0. The topological polar surface area (TPSA) is 80.3 Å². The Balaban J connectivity index is 1.19. The van der Waals surface area contributed by atoms with Crippen molar-refractivity contribution in [3.05, 3.63) is 47.8 Å². The van der Waals surface area contributed by atoms with Crippen LogP contribution in [0.3, 0.4) is 0 Å². The molecule has 1 saturated heterocycles. The summed E-state index contributed by atoms with van der Waals surface area (Å²) in [4.78, 5) is 28.9. The maximum absolute atomic E-state index is 13.5. The molecule has 9 heteroatoms. The first-order valence-electron chi connectivity index (χ1n) is 11.9. The Morgan fingerprint density at radius 2 is 1.86 bits per heavy atom. The molecule has 0 aromatic heterocycles. The summed E-state index contributed by atoms with van der Waals surface area (Å²) < 4.78 is 29.4. The number of methoxy groups -OCH3 is 2. The highest BCUT2D eigenvalue weighted by molar-refractivity contribution is 5.97. The van der Waals surface area contributed by atoms with E-state index < -0.39 is 0 Å². The van der Waals surface area contributed by atoms with Crippen molar-refractivity contribution in [1.82, 2.24) is 10.2 Å². The number of amides is 2. The molecule has 2 aliphatic rings. The van der Waals surface area contributed by atoms with Crippen LogP contribution in [0.1, 0.15) is 24.8 Å². The zero-order chi connectivity index (χ0) is 24.8. The Morgan fingerprint density at radius 1 is 1.09 bits per heavy atom. The molecule has 0 bridgehead atoms. The van der Waals surface area contributed by atoms with E-state index in [4.69, 9.17) is 14.2 Å². The van der Waals surface area contributed by atoms with E-state index in [9.17, 15) is 14.0 Å². The molecule has 2 aromatic carbocycles. The molecule has 2 heterocycles. The summed E-state index contributed by atoms with van der Waals surface area (Å²) in [6.45, 7) is 3.13. The molecule has 0 unspecified atom stereocenters. The third-order valence-corrected chi connectivity index (χ3v) is 6.49. The zero-order valence-corrected chi connectivity index (χ0v) is 20.2. The van der Waals surface area contributed by atoms with E-state index in [0.717, 1.165) is 44.5 Å². The fraction of sp³-hybridized carbons (Fsp3) is 0.462. The van der Waals surface area contributed by atoms with Crippen LogP contribution in [0.2, 0.25) is 0 Å². The maximum Gasteiger partial charge on any atom is 0.265 e. The Labute approximate surface area is 204 Å². The van der Waals surface area contributed by atoms with Gasteiger partial charge < -0.3 is 29.3 Å². The van der Waals surface area contributed by atoms with Crippen LogP contribution >= 0.6 is 0 Å². The number of hydrogen-bond acceptors (Lipinski definition) is 6. The fourth-order valence-corrected chi connectivity index (χ4v) is 4.63. The molecule has 2 aromatic rings. The molecule has 0 radical (unpaired) electrons. The molecule has 0 aliphatic carbocycles. The van der Waals surface area contributed by atoms with E-state index in [2.05, 4.69) is 10.2 Å². The summed E-state index contributed by atoms with van der Waals surface area (Å²) in [5.74, 6) is 1.17. The van der Waals surface area contributed by atoms with Gasteiger partial charge in [-0.1, -0.05) is 6.07 Å². The predicted octanol–water partition coefficient (Wildman–Crippen LogP) is 2.78. The molecular weight excluding hydrogens is 453 g/mol. The highest BCUT2D eigenvalue weighted by Gasteiger charge is 2.26.